The standard InChI is InChI=1S/C16H15FN2O/c1-11-5-7-13(17)10-15(11)19-16(20)8-6-12-3-2-4-14(18)9-12/h2-10H,18H2,1H3,(H,19,20)/b8-6+. The number of carbonyl (C=O) groups excluding carboxylic acids is 1. The molecule has 0 saturated heterocycles. The van der Waals surface area contributed by atoms with Crippen LogP contribution in [0.1, 0.15) is 11.1 Å². The van der Waals surface area contributed by atoms with Gasteiger partial charge in [0.05, 0.1) is 0 Å². The van der Waals surface area contributed by atoms with E-state index in [9.17, 15) is 9.18 Å². The first-order valence-electron chi connectivity index (χ1n) is 6.15. The van der Waals surface area contributed by atoms with E-state index in [2.05, 4.69) is 5.32 Å². The van der Waals surface area contributed by atoms with Gasteiger partial charge < -0.3 is 11.1 Å². The van der Waals surface area contributed by atoms with Crippen molar-refractivity contribution in [3.05, 3.63) is 65.5 Å². The lowest BCUT2D eigenvalue weighted by Gasteiger charge is -2.06. The Morgan fingerprint density at radius 3 is 2.80 bits per heavy atom. The lowest BCUT2D eigenvalue weighted by Crippen LogP contribution is -2.09. The van der Waals surface area contributed by atoms with Gasteiger partial charge in [-0.3, -0.25) is 4.79 Å². The van der Waals surface area contributed by atoms with E-state index in [1.165, 1.54) is 18.2 Å². The summed E-state index contributed by atoms with van der Waals surface area (Å²) in [7, 11) is 0. The molecule has 0 aliphatic carbocycles. The molecule has 4 heteroatoms. The van der Waals surface area contributed by atoms with Crippen LogP contribution in [-0.2, 0) is 4.79 Å². The summed E-state index contributed by atoms with van der Waals surface area (Å²) in [5.41, 5.74) is 8.38. The number of halogens is 1. The van der Waals surface area contributed by atoms with Crippen LogP contribution in [0.2, 0.25) is 0 Å². The van der Waals surface area contributed by atoms with Gasteiger partial charge in [-0.2, -0.15) is 0 Å². The van der Waals surface area contributed by atoms with E-state index < -0.39 is 0 Å². The fraction of sp³-hybridized carbons (Fsp3) is 0.0625. The zero-order valence-corrected chi connectivity index (χ0v) is 11.1. The highest BCUT2D eigenvalue weighted by molar-refractivity contribution is 6.02. The highest BCUT2D eigenvalue weighted by Crippen LogP contribution is 2.16. The minimum atomic E-state index is -0.384. The van der Waals surface area contributed by atoms with E-state index in [4.69, 9.17) is 5.73 Å². The molecule has 0 aliphatic rings. The fourth-order valence-electron chi connectivity index (χ4n) is 1.74. The van der Waals surface area contributed by atoms with E-state index in [1.54, 1.807) is 31.2 Å². The molecule has 20 heavy (non-hydrogen) atoms. The molecule has 0 aromatic heterocycles. The molecule has 0 fully saturated rings. The van der Waals surface area contributed by atoms with Crippen molar-refractivity contribution in [3.8, 4) is 0 Å². The monoisotopic (exact) mass is 270 g/mol. The van der Waals surface area contributed by atoms with Crippen LogP contribution in [0.5, 0.6) is 0 Å². The Morgan fingerprint density at radius 2 is 2.05 bits per heavy atom. The first-order valence-corrected chi connectivity index (χ1v) is 6.15. The third-order valence-electron chi connectivity index (χ3n) is 2.80. The van der Waals surface area contributed by atoms with Gasteiger partial charge in [-0.05, 0) is 48.4 Å². The third-order valence-corrected chi connectivity index (χ3v) is 2.80. The van der Waals surface area contributed by atoms with Gasteiger partial charge >= 0.3 is 0 Å². The highest BCUT2D eigenvalue weighted by atomic mass is 19.1. The smallest absolute Gasteiger partial charge is 0.248 e. The van der Waals surface area contributed by atoms with Gasteiger partial charge in [-0.25, -0.2) is 4.39 Å². The van der Waals surface area contributed by atoms with Crippen LogP contribution >= 0.6 is 0 Å². The van der Waals surface area contributed by atoms with Crippen LogP contribution in [0, 0.1) is 12.7 Å². The van der Waals surface area contributed by atoms with Gasteiger partial charge in [0.1, 0.15) is 5.82 Å². The number of aryl methyl sites for hydroxylation is 1. The van der Waals surface area contributed by atoms with E-state index >= 15 is 0 Å². The molecular weight excluding hydrogens is 255 g/mol. The first-order chi connectivity index (χ1) is 9.54. The Labute approximate surface area is 116 Å². The summed E-state index contributed by atoms with van der Waals surface area (Å²) in [6, 6.07) is 11.4. The Morgan fingerprint density at radius 1 is 1.25 bits per heavy atom. The number of benzene rings is 2. The number of nitrogen functional groups attached to an aromatic ring is 1. The fourth-order valence-corrected chi connectivity index (χ4v) is 1.74. The molecule has 102 valence electrons. The molecule has 3 N–H and O–H groups in total. The lowest BCUT2D eigenvalue weighted by molar-refractivity contribution is -0.111. The number of rotatable bonds is 3. The van der Waals surface area contributed by atoms with Crippen molar-refractivity contribution in [3.63, 3.8) is 0 Å². The molecule has 0 unspecified atom stereocenters. The predicted octanol–water partition coefficient (Wildman–Crippen LogP) is 3.37. The van der Waals surface area contributed by atoms with Crippen LogP contribution in [0.15, 0.2) is 48.5 Å². The van der Waals surface area contributed by atoms with Crippen molar-refractivity contribution in [1.29, 1.82) is 0 Å². The second-order valence-electron chi connectivity index (χ2n) is 4.45. The van der Waals surface area contributed by atoms with Crippen molar-refractivity contribution in [1.82, 2.24) is 0 Å². The summed E-state index contributed by atoms with van der Waals surface area (Å²) in [5, 5.41) is 2.64. The maximum absolute atomic E-state index is 13.1. The zero-order valence-electron chi connectivity index (χ0n) is 11.1. The molecule has 3 nitrogen and oxygen atoms in total. The van der Waals surface area contributed by atoms with Crippen molar-refractivity contribution in [2.24, 2.45) is 0 Å². The number of anilines is 2. The van der Waals surface area contributed by atoms with Gasteiger partial charge in [-0.15, -0.1) is 0 Å². The number of nitrogens with one attached hydrogen (secondary N) is 1. The van der Waals surface area contributed by atoms with Crippen LogP contribution in [0.4, 0.5) is 15.8 Å². The molecule has 1 amide bonds. The molecule has 0 atom stereocenters. The van der Waals surface area contributed by atoms with E-state index in [0.29, 0.717) is 11.4 Å². The van der Waals surface area contributed by atoms with Crippen molar-refractivity contribution in [2.75, 3.05) is 11.1 Å². The molecule has 2 rings (SSSR count). The topological polar surface area (TPSA) is 55.1 Å². The van der Waals surface area contributed by atoms with Crippen LogP contribution in [0.3, 0.4) is 0 Å². The van der Waals surface area contributed by atoms with Gasteiger partial charge in [0.15, 0.2) is 0 Å². The Kier molecular flexibility index (Phi) is 4.15. The molecule has 0 spiro atoms. The second-order valence-corrected chi connectivity index (χ2v) is 4.45. The highest BCUT2D eigenvalue weighted by Gasteiger charge is 2.03. The van der Waals surface area contributed by atoms with Crippen molar-refractivity contribution >= 4 is 23.4 Å². The average Bonchev–Trinajstić information content (AvgIpc) is 2.41. The van der Waals surface area contributed by atoms with E-state index in [-0.39, 0.29) is 11.7 Å². The molecular formula is C16H15FN2O. The van der Waals surface area contributed by atoms with Crippen molar-refractivity contribution < 1.29 is 9.18 Å². The van der Waals surface area contributed by atoms with Gasteiger partial charge in [-0.1, -0.05) is 18.2 Å². The SMILES string of the molecule is Cc1ccc(F)cc1NC(=O)/C=C/c1cccc(N)c1. The Hall–Kier alpha value is -2.62. The summed E-state index contributed by atoms with van der Waals surface area (Å²) >= 11 is 0. The average molecular weight is 270 g/mol. The van der Waals surface area contributed by atoms with Gasteiger partial charge in [0.25, 0.3) is 0 Å². The van der Waals surface area contributed by atoms with E-state index in [1.807, 2.05) is 12.1 Å². The lowest BCUT2D eigenvalue weighted by atomic mass is 10.2. The summed E-state index contributed by atoms with van der Waals surface area (Å²) in [5.74, 6) is -0.702. The molecule has 2 aromatic rings. The molecule has 0 bridgehead atoms. The van der Waals surface area contributed by atoms with E-state index in [0.717, 1.165) is 11.1 Å². The molecule has 0 aliphatic heterocycles. The van der Waals surface area contributed by atoms with Gasteiger partial charge in [0.2, 0.25) is 5.91 Å². The summed E-state index contributed by atoms with van der Waals surface area (Å²) in [4.78, 5) is 11.8. The molecule has 0 heterocycles. The van der Waals surface area contributed by atoms with Crippen LogP contribution in [-0.4, -0.2) is 5.91 Å². The van der Waals surface area contributed by atoms with Crippen molar-refractivity contribution in [2.45, 2.75) is 6.92 Å². The third kappa shape index (κ3) is 3.68. The summed E-state index contributed by atoms with van der Waals surface area (Å²) in [6.45, 7) is 1.80. The molecule has 0 radical (unpaired) electrons. The summed E-state index contributed by atoms with van der Waals surface area (Å²) < 4.78 is 13.1. The normalized spacial score (nSPS) is 10.7. The maximum atomic E-state index is 13.1. The number of amides is 1. The summed E-state index contributed by atoms with van der Waals surface area (Å²) in [6.07, 6.45) is 3.04. The predicted molar refractivity (Wildman–Crippen MR) is 79.7 cm³/mol. The number of hydrogen-bond acceptors (Lipinski definition) is 2. The largest absolute Gasteiger partial charge is 0.399 e. The molecule has 0 saturated carbocycles. The quantitative estimate of drug-likeness (QED) is 0.663. The number of carbonyl (C=O) groups is 1. The number of nitrogens with two attached hydrogens (primary N) is 1. The zero-order chi connectivity index (χ0) is 14.5. The Bertz CT molecular complexity index is 665. The Balaban J connectivity index is 2.07. The van der Waals surface area contributed by atoms with Crippen LogP contribution < -0.4 is 11.1 Å². The minimum Gasteiger partial charge on any atom is -0.399 e. The van der Waals surface area contributed by atoms with Gasteiger partial charge in [0, 0.05) is 17.5 Å². The first kappa shape index (κ1) is 13.8. The minimum absolute atomic E-state index is 0.318. The molecule has 2 aromatic carbocycles. The van der Waals surface area contributed by atoms with Crippen LogP contribution in [0.25, 0.3) is 6.08 Å². The maximum Gasteiger partial charge on any atom is 0.248 e. The second kappa shape index (κ2) is 6.02. The number of hydrogen-bond donors (Lipinski definition) is 2.